The zero-order chi connectivity index (χ0) is 19.4. The van der Waals surface area contributed by atoms with E-state index in [1.807, 2.05) is 6.07 Å². The van der Waals surface area contributed by atoms with Crippen LogP contribution >= 0.6 is 0 Å². The first-order valence-electron chi connectivity index (χ1n) is 8.43. The number of hydrogen-bond donors (Lipinski definition) is 0. The molecular weight excluding hydrogens is 369 g/mol. The van der Waals surface area contributed by atoms with Crippen LogP contribution in [0, 0.1) is 17.1 Å². The van der Waals surface area contributed by atoms with Gasteiger partial charge >= 0.3 is 0 Å². The van der Waals surface area contributed by atoms with Crippen molar-refractivity contribution in [1.82, 2.24) is 9.21 Å². The van der Waals surface area contributed by atoms with Gasteiger partial charge in [0.1, 0.15) is 11.9 Å². The molecule has 0 atom stereocenters. The molecule has 0 radical (unpaired) electrons. The molecule has 27 heavy (non-hydrogen) atoms. The Morgan fingerprint density at radius 3 is 2.44 bits per heavy atom. The fourth-order valence-electron chi connectivity index (χ4n) is 3.03. The number of halogens is 1. The van der Waals surface area contributed by atoms with Crippen molar-refractivity contribution < 1.29 is 17.6 Å². The topological polar surface area (TPSA) is 81.5 Å². The Kier molecular flexibility index (Phi) is 5.54. The summed E-state index contributed by atoms with van der Waals surface area (Å²) in [6.07, 6.45) is 0.0712. The van der Waals surface area contributed by atoms with E-state index in [9.17, 15) is 17.6 Å². The van der Waals surface area contributed by atoms with Crippen molar-refractivity contribution in [2.24, 2.45) is 0 Å². The van der Waals surface area contributed by atoms with Crippen LogP contribution in [0.5, 0.6) is 0 Å². The van der Waals surface area contributed by atoms with Crippen LogP contribution in [-0.2, 0) is 21.2 Å². The Bertz CT molecular complexity index is 993. The van der Waals surface area contributed by atoms with Crippen molar-refractivity contribution in [3.05, 3.63) is 65.5 Å². The zero-order valence-electron chi connectivity index (χ0n) is 14.5. The van der Waals surface area contributed by atoms with Crippen LogP contribution in [0.1, 0.15) is 11.1 Å². The predicted molar refractivity (Wildman–Crippen MR) is 96.6 cm³/mol. The van der Waals surface area contributed by atoms with E-state index in [0.29, 0.717) is 5.56 Å². The Morgan fingerprint density at radius 1 is 1.07 bits per heavy atom. The molecule has 0 unspecified atom stereocenters. The highest BCUT2D eigenvalue weighted by Gasteiger charge is 2.31. The number of nitriles is 1. The summed E-state index contributed by atoms with van der Waals surface area (Å²) in [5.74, 6) is -0.567. The minimum atomic E-state index is -3.80. The highest BCUT2D eigenvalue weighted by Crippen LogP contribution is 2.21. The molecule has 1 fully saturated rings. The molecule has 140 valence electrons. The largest absolute Gasteiger partial charge is 0.340 e. The molecule has 0 bridgehead atoms. The molecule has 0 aliphatic carbocycles. The summed E-state index contributed by atoms with van der Waals surface area (Å²) in [6.45, 7) is 0.804. The van der Waals surface area contributed by atoms with Gasteiger partial charge in [-0.2, -0.15) is 9.57 Å². The van der Waals surface area contributed by atoms with E-state index in [4.69, 9.17) is 5.26 Å². The summed E-state index contributed by atoms with van der Waals surface area (Å²) in [5, 5.41) is 9.14. The smallest absolute Gasteiger partial charge is 0.244 e. The van der Waals surface area contributed by atoms with E-state index in [-0.39, 0.29) is 49.0 Å². The lowest BCUT2D eigenvalue weighted by Crippen LogP contribution is -2.50. The van der Waals surface area contributed by atoms with Crippen molar-refractivity contribution in [2.75, 3.05) is 26.2 Å². The van der Waals surface area contributed by atoms with Crippen LogP contribution < -0.4 is 0 Å². The van der Waals surface area contributed by atoms with Crippen LogP contribution in [0.15, 0.2) is 53.4 Å². The molecule has 1 aliphatic heterocycles. The molecule has 8 heteroatoms. The maximum atomic E-state index is 13.2. The van der Waals surface area contributed by atoms with Gasteiger partial charge in [0.15, 0.2) is 0 Å². The number of rotatable bonds is 4. The van der Waals surface area contributed by atoms with Crippen LogP contribution in [0.3, 0.4) is 0 Å². The van der Waals surface area contributed by atoms with Gasteiger partial charge in [0, 0.05) is 26.2 Å². The van der Waals surface area contributed by atoms with Gasteiger partial charge in [0.05, 0.1) is 16.9 Å². The lowest BCUT2D eigenvalue weighted by Gasteiger charge is -2.34. The maximum Gasteiger partial charge on any atom is 0.244 e. The molecule has 0 saturated carbocycles. The normalized spacial score (nSPS) is 15.3. The van der Waals surface area contributed by atoms with Crippen molar-refractivity contribution >= 4 is 15.9 Å². The van der Waals surface area contributed by atoms with Gasteiger partial charge in [-0.25, -0.2) is 12.8 Å². The quantitative estimate of drug-likeness (QED) is 0.801. The van der Waals surface area contributed by atoms with Gasteiger partial charge in [-0.1, -0.05) is 24.3 Å². The van der Waals surface area contributed by atoms with E-state index in [2.05, 4.69) is 0 Å². The van der Waals surface area contributed by atoms with Gasteiger partial charge in [0.2, 0.25) is 15.9 Å². The third-order valence-electron chi connectivity index (χ3n) is 4.46. The summed E-state index contributed by atoms with van der Waals surface area (Å²) < 4.78 is 40.1. The number of nitrogens with zero attached hydrogens (tertiary/aromatic N) is 3. The highest BCUT2D eigenvalue weighted by molar-refractivity contribution is 7.89. The summed E-state index contributed by atoms with van der Waals surface area (Å²) in [6, 6.07) is 13.8. The number of amides is 1. The molecule has 1 aliphatic rings. The number of carbonyl (C=O) groups is 1. The molecular formula is C19H18FN3O3S. The van der Waals surface area contributed by atoms with Crippen LogP contribution in [0.2, 0.25) is 0 Å². The van der Waals surface area contributed by atoms with E-state index in [1.54, 1.807) is 29.2 Å². The van der Waals surface area contributed by atoms with Crippen LogP contribution in [0.25, 0.3) is 0 Å². The summed E-state index contributed by atoms with van der Waals surface area (Å²) in [5.41, 5.74) is 0.681. The molecule has 2 aromatic rings. The average Bonchev–Trinajstić information content (AvgIpc) is 2.68. The van der Waals surface area contributed by atoms with Gasteiger partial charge < -0.3 is 4.90 Å². The number of sulfonamides is 1. The monoisotopic (exact) mass is 387 g/mol. The molecule has 1 amide bonds. The van der Waals surface area contributed by atoms with E-state index < -0.39 is 15.8 Å². The molecule has 2 aromatic carbocycles. The molecule has 1 saturated heterocycles. The third kappa shape index (κ3) is 4.15. The number of benzene rings is 2. The third-order valence-corrected chi connectivity index (χ3v) is 6.42. The Hall–Kier alpha value is -2.76. The highest BCUT2D eigenvalue weighted by atomic mass is 32.2. The number of piperazine rings is 1. The first-order chi connectivity index (χ1) is 12.9. The van der Waals surface area contributed by atoms with Gasteiger partial charge in [0.25, 0.3) is 0 Å². The van der Waals surface area contributed by atoms with E-state index in [1.165, 1.54) is 28.6 Å². The fraction of sp³-hybridized carbons (Fsp3) is 0.263. The lowest BCUT2D eigenvalue weighted by molar-refractivity contribution is -0.131. The molecule has 6 nitrogen and oxygen atoms in total. The number of hydrogen-bond acceptors (Lipinski definition) is 4. The molecule has 0 spiro atoms. The molecule has 1 heterocycles. The van der Waals surface area contributed by atoms with Crippen molar-refractivity contribution in [3.63, 3.8) is 0 Å². The standard InChI is InChI=1S/C19H18FN3O3S/c20-17-6-3-4-15(12-17)13-19(24)22-8-10-23(11-9-22)27(25,26)18-7-2-1-5-16(18)14-21/h1-7,12H,8-11,13H2. The summed E-state index contributed by atoms with van der Waals surface area (Å²) in [4.78, 5) is 14.0. The Morgan fingerprint density at radius 2 is 1.78 bits per heavy atom. The van der Waals surface area contributed by atoms with Crippen LogP contribution in [-0.4, -0.2) is 49.7 Å². The SMILES string of the molecule is N#Cc1ccccc1S(=O)(=O)N1CCN(C(=O)Cc2cccc(F)c2)CC1. The zero-order valence-corrected chi connectivity index (χ0v) is 15.3. The van der Waals surface area contributed by atoms with E-state index in [0.717, 1.165) is 0 Å². The fourth-order valence-corrected chi connectivity index (χ4v) is 4.60. The number of carbonyl (C=O) groups excluding carboxylic acids is 1. The first-order valence-corrected chi connectivity index (χ1v) is 9.87. The van der Waals surface area contributed by atoms with Crippen LogP contribution in [0.4, 0.5) is 4.39 Å². The minimum Gasteiger partial charge on any atom is -0.340 e. The van der Waals surface area contributed by atoms with Crippen molar-refractivity contribution in [3.8, 4) is 6.07 Å². The predicted octanol–water partition coefficient (Wildman–Crippen LogP) is 1.77. The lowest BCUT2D eigenvalue weighted by atomic mass is 10.1. The second-order valence-corrected chi connectivity index (χ2v) is 8.11. The Balaban J connectivity index is 1.66. The Labute approximate surface area is 157 Å². The molecule has 3 rings (SSSR count). The van der Waals surface area contributed by atoms with Gasteiger partial charge in [-0.3, -0.25) is 4.79 Å². The van der Waals surface area contributed by atoms with Crippen molar-refractivity contribution in [1.29, 1.82) is 5.26 Å². The summed E-state index contributed by atoms with van der Waals surface area (Å²) >= 11 is 0. The molecule has 0 aromatic heterocycles. The van der Waals surface area contributed by atoms with Crippen molar-refractivity contribution in [2.45, 2.75) is 11.3 Å². The maximum absolute atomic E-state index is 13.2. The first kappa shape index (κ1) is 19.0. The van der Waals surface area contributed by atoms with Gasteiger partial charge in [-0.05, 0) is 29.8 Å². The minimum absolute atomic E-state index is 0.0213. The molecule has 0 N–H and O–H groups in total. The summed E-state index contributed by atoms with van der Waals surface area (Å²) in [7, 11) is -3.80. The second-order valence-electron chi connectivity index (χ2n) is 6.20. The second kappa shape index (κ2) is 7.86. The van der Waals surface area contributed by atoms with E-state index >= 15 is 0 Å². The average molecular weight is 387 g/mol. The van der Waals surface area contributed by atoms with Gasteiger partial charge in [-0.15, -0.1) is 0 Å².